The summed E-state index contributed by atoms with van der Waals surface area (Å²) in [5, 5.41) is 4.06. The number of benzene rings is 1. The minimum atomic E-state index is -0.614. The van der Waals surface area contributed by atoms with Gasteiger partial charge in [0.25, 0.3) is 0 Å². The van der Waals surface area contributed by atoms with Crippen LogP contribution in [-0.4, -0.2) is 19.3 Å². The minimum Gasteiger partial charge on any atom is -0.468 e. The third-order valence-electron chi connectivity index (χ3n) is 4.62. The first-order valence-corrected chi connectivity index (χ1v) is 7.99. The molecule has 1 aromatic carbocycles. The van der Waals surface area contributed by atoms with Gasteiger partial charge < -0.3 is 9.57 Å². The van der Waals surface area contributed by atoms with Crippen molar-refractivity contribution in [2.45, 2.75) is 45.6 Å². The second kappa shape index (κ2) is 7.97. The summed E-state index contributed by atoms with van der Waals surface area (Å²) in [6.45, 7) is 2.61. The molecule has 0 aromatic heterocycles. The Labute approximate surface area is 132 Å². The number of ether oxygens (including phenoxy) is 1. The van der Waals surface area contributed by atoms with Crippen LogP contribution in [0.25, 0.3) is 0 Å². The first kappa shape index (κ1) is 16.5. The van der Waals surface area contributed by atoms with E-state index in [1.165, 1.54) is 13.5 Å². The lowest BCUT2D eigenvalue weighted by Crippen LogP contribution is -2.38. The molecule has 0 atom stereocenters. The molecule has 1 fully saturated rings. The fourth-order valence-corrected chi connectivity index (χ4v) is 3.01. The molecule has 0 aliphatic heterocycles. The molecule has 4 heteroatoms. The third-order valence-corrected chi connectivity index (χ3v) is 4.62. The zero-order chi connectivity index (χ0) is 15.8. The molecule has 0 saturated heterocycles. The fraction of sp³-hybridized carbons (Fsp3) is 0.556. The lowest BCUT2D eigenvalue weighted by Gasteiger charge is -2.34. The molecule has 4 nitrogen and oxygen atoms in total. The van der Waals surface area contributed by atoms with Crippen LogP contribution in [0, 0.1) is 11.3 Å². The topological polar surface area (TPSA) is 47.9 Å². The Morgan fingerprint density at radius 1 is 1.32 bits per heavy atom. The number of carbonyl (C=O) groups excluding carboxylic acids is 1. The van der Waals surface area contributed by atoms with Crippen LogP contribution in [0.4, 0.5) is 0 Å². The molecule has 0 spiro atoms. The van der Waals surface area contributed by atoms with Crippen molar-refractivity contribution in [1.29, 1.82) is 0 Å². The largest absolute Gasteiger partial charge is 0.468 e. The van der Waals surface area contributed by atoms with Gasteiger partial charge in [0.2, 0.25) is 0 Å². The van der Waals surface area contributed by atoms with Crippen molar-refractivity contribution < 1.29 is 14.4 Å². The lowest BCUT2D eigenvalue weighted by atomic mass is 9.70. The standard InChI is InChI=1S/C18H25NO3/c1-3-15-9-11-18(12-10-15,17(20)21-2)14-19-22-13-16-7-5-4-6-8-16/h4-8,14-15H,3,9-13H2,1-2H3. The van der Waals surface area contributed by atoms with Gasteiger partial charge in [-0.15, -0.1) is 0 Å². The molecule has 120 valence electrons. The zero-order valence-electron chi connectivity index (χ0n) is 13.5. The highest BCUT2D eigenvalue weighted by Crippen LogP contribution is 2.39. The molecule has 1 saturated carbocycles. The first-order valence-electron chi connectivity index (χ1n) is 7.99. The van der Waals surface area contributed by atoms with Crippen LogP contribution < -0.4 is 0 Å². The van der Waals surface area contributed by atoms with Gasteiger partial charge in [0.15, 0.2) is 0 Å². The molecule has 1 aliphatic rings. The van der Waals surface area contributed by atoms with Crippen molar-refractivity contribution in [1.82, 2.24) is 0 Å². The van der Waals surface area contributed by atoms with E-state index in [-0.39, 0.29) is 5.97 Å². The summed E-state index contributed by atoms with van der Waals surface area (Å²) in [4.78, 5) is 17.5. The predicted molar refractivity (Wildman–Crippen MR) is 86.4 cm³/mol. The van der Waals surface area contributed by atoms with E-state index < -0.39 is 5.41 Å². The van der Waals surface area contributed by atoms with Crippen LogP contribution >= 0.6 is 0 Å². The Morgan fingerprint density at radius 2 is 2.00 bits per heavy atom. The number of hydrogen-bond acceptors (Lipinski definition) is 4. The summed E-state index contributed by atoms with van der Waals surface area (Å²) >= 11 is 0. The maximum absolute atomic E-state index is 12.2. The van der Waals surface area contributed by atoms with Gasteiger partial charge in [0, 0.05) is 0 Å². The first-order chi connectivity index (χ1) is 10.7. The van der Waals surface area contributed by atoms with Gasteiger partial charge in [-0.1, -0.05) is 48.8 Å². The summed E-state index contributed by atoms with van der Waals surface area (Å²) in [6.07, 6.45) is 6.48. The van der Waals surface area contributed by atoms with E-state index in [2.05, 4.69) is 12.1 Å². The van der Waals surface area contributed by atoms with Gasteiger partial charge in [-0.25, -0.2) is 0 Å². The van der Waals surface area contributed by atoms with E-state index in [4.69, 9.17) is 9.57 Å². The molecule has 0 unspecified atom stereocenters. The number of esters is 1. The molecular formula is C18H25NO3. The Morgan fingerprint density at radius 3 is 2.59 bits per heavy atom. The Bertz CT molecular complexity index is 490. The molecule has 0 radical (unpaired) electrons. The smallest absolute Gasteiger partial charge is 0.317 e. The quantitative estimate of drug-likeness (QED) is 0.454. The number of oxime groups is 1. The number of methoxy groups -OCH3 is 1. The van der Waals surface area contributed by atoms with Crippen LogP contribution in [0.3, 0.4) is 0 Å². The van der Waals surface area contributed by atoms with Gasteiger partial charge >= 0.3 is 5.97 Å². The number of rotatable bonds is 6. The molecule has 0 heterocycles. The lowest BCUT2D eigenvalue weighted by molar-refractivity contribution is -0.150. The van der Waals surface area contributed by atoms with E-state index in [0.717, 1.165) is 31.2 Å². The minimum absolute atomic E-state index is 0.200. The molecule has 1 aliphatic carbocycles. The van der Waals surface area contributed by atoms with E-state index in [1.807, 2.05) is 30.3 Å². The third kappa shape index (κ3) is 4.09. The van der Waals surface area contributed by atoms with Crippen molar-refractivity contribution in [2.24, 2.45) is 16.5 Å². The Balaban J connectivity index is 1.95. The fourth-order valence-electron chi connectivity index (χ4n) is 3.01. The Hall–Kier alpha value is -1.84. The second-order valence-corrected chi connectivity index (χ2v) is 5.99. The van der Waals surface area contributed by atoms with Crippen LogP contribution in [0.2, 0.25) is 0 Å². The van der Waals surface area contributed by atoms with Gasteiger partial charge in [0.05, 0.1) is 13.3 Å². The highest BCUT2D eigenvalue weighted by molar-refractivity contribution is 5.95. The van der Waals surface area contributed by atoms with Crippen molar-refractivity contribution >= 4 is 12.2 Å². The van der Waals surface area contributed by atoms with E-state index in [0.29, 0.717) is 12.5 Å². The number of nitrogens with zero attached hydrogens (tertiary/aromatic N) is 1. The van der Waals surface area contributed by atoms with Gasteiger partial charge in [-0.05, 0) is 37.2 Å². The van der Waals surface area contributed by atoms with E-state index in [1.54, 1.807) is 6.21 Å². The van der Waals surface area contributed by atoms with Crippen LogP contribution in [0.5, 0.6) is 0 Å². The molecule has 22 heavy (non-hydrogen) atoms. The molecular weight excluding hydrogens is 278 g/mol. The van der Waals surface area contributed by atoms with Crippen LogP contribution in [0.15, 0.2) is 35.5 Å². The summed E-state index contributed by atoms with van der Waals surface area (Å²) in [7, 11) is 1.44. The highest BCUT2D eigenvalue weighted by Gasteiger charge is 2.41. The van der Waals surface area contributed by atoms with Crippen molar-refractivity contribution in [2.75, 3.05) is 7.11 Å². The Kier molecular flexibility index (Phi) is 5.99. The van der Waals surface area contributed by atoms with Crippen molar-refractivity contribution in [3.63, 3.8) is 0 Å². The summed E-state index contributed by atoms with van der Waals surface area (Å²) in [6, 6.07) is 9.86. The SMILES string of the molecule is CCC1CCC(C=NOCc2ccccc2)(C(=O)OC)CC1. The van der Waals surface area contributed by atoms with Gasteiger partial charge in [0.1, 0.15) is 12.0 Å². The summed E-state index contributed by atoms with van der Waals surface area (Å²) in [5.41, 5.74) is 0.443. The molecule has 2 rings (SSSR count). The monoisotopic (exact) mass is 303 g/mol. The second-order valence-electron chi connectivity index (χ2n) is 5.99. The molecule has 0 N–H and O–H groups in total. The number of hydrogen-bond donors (Lipinski definition) is 0. The average Bonchev–Trinajstić information content (AvgIpc) is 2.59. The molecule has 1 aromatic rings. The van der Waals surface area contributed by atoms with Gasteiger partial charge in [-0.3, -0.25) is 4.79 Å². The predicted octanol–water partition coefficient (Wildman–Crippen LogP) is 3.95. The zero-order valence-corrected chi connectivity index (χ0v) is 13.5. The van der Waals surface area contributed by atoms with Crippen molar-refractivity contribution in [3.05, 3.63) is 35.9 Å². The maximum atomic E-state index is 12.2. The van der Waals surface area contributed by atoms with E-state index in [9.17, 15) is 4.79 Å². The summed E-state index contributed by atoms with van der Waals surface area (Å²) < 4.78 is 4.99. The van der Waals surface area contributed by atoms with Crippen LogP contribution in [-0.2, 0) is 21.0 Å². The maximum Gasteiger partial charge on any atom is 0.317 e. The molecule has 0 bridgehead atoms. The number of carbonyl (C=O) groups is 1. The normalized spacial score (nSPS) is 25.1. The highest BCUT2D eigenvalue weighted by atomic mass is 16.6. The van der Waals surface area contributed by atoms with E-state index >= 15 is 0 Å². The average molecular weight is 303 g/mol. The molecule has 0 amide bonds. The van der Waals surface area contributed by atoms with Gasteiger partial charge in [-0.2, -0.15) is 0 Å². The summed E-state index contributed by atoms with van der Waals surface area (Å²) in [5.74, 6) is 0.505. The van der Waals surface area contributed by atoms with Crippen molar-refractivity contribution in [3.8, 4) is 0 Å². The van der Waals surface area contributed by atoms with Crippen LogP contribution in [0.1, 0.15) is 44.6 Å².